The molecule has 0 N–H and O–H groups in total. The van der Waals surface area contributed by atoms with Crippen molar-refractivity contribution < 1.29 is 23.7 Å². The lowest BCUT2D eigenvalue weighted by atomic mass is 10.1. The molecule has 0 aromatic heterocycles. The zero-order chi connectivity index (χ0) is 15.4. The van der Waals surface area contributed by atoms with Crippen LogP contribution in [0.25, 0.3) is 0 Å². The number of rotatable bonds is 5. The molecular weight excluding hydrogens is 286 g/mol. The fourth-order valence-corrected chi connectivity index (χ4v) is 2.80. The molecule has 0 saturated carbocycles. The topological polar surface area (TPSA) is 57.2 Å². The normalized spacial score (nSPS) is 20.2. The van der Waals surface area contributed by atoms with Crippen molar-refractivity contribution >= 4 is 5.91 Å². The van der Waals surface area contributed by atoms with Gasteiger partial charge < -0.3 is 23.8 Å². The summed E-state index contributed by atoms with van der Waals surface area (Å²) in [5.41, 5.74) is 1.08. The lowest BCUT2D eigenvalue weighted by molar-refractivity contribution is -0.142. The number of morpholine rings is 1. The molecule has 2 heterocycles. The summed E-state index contributed by atoms with van der Waals surface area (Å²) in [5.74, 6) is 1.67. The molecule has 1 aromatic rings. The Labute approximate surface area is 129 Å². The molecule has 120 valence electrons. The molecule has 1 amide bonds. The number of aryl methyl sites for hydroxylation is 1. The van der Waals surface area contributed by atoms with Crippen LogP contribution in [0, 0.1) is 0 Å². The van der Waals surface area contributed by atoms with Gasteiger partial charge in [-0.15, -0.1) is 0 Å². The number of benzene rings is 1. The van der Waals surface area contributed by atoms with Crippen LogP contribution >= 0.6 is 0 Å². The van der Waals surface area contributed by atoms with Crippen molar-refractivity contribution in [2.75, 3.05) is 40.3 Å². The van der Waals surface area contributed by atoms with Crippen LogP contribution in [-0.4, -0.2) is 57.1 Å². The van der Waals surface area contributed by atoms with Crippen molar-refractivity contribution in [3.8, 4) is 11.5 Å². The summed E-state index contributed by atoms with van der Waals surface area (Å²) in [7, 11) is 1.64. The number of fused-ring (bicyclic) bond motifs is 1. The molecule has 2 aliphatic rings. The van der Waals surface area contributed by atoms with Gasteiger partial charge in [-0.3, -0.25) is 4.79 Å². The molecular formula is C16H21NO5. The molecule has 1 atom stereocenters. The average Bonchev–Trinajstić information content (AvgIpc) is 3.01. The smallest absolute Gasteiger partial charge is 0.231 e. The maximum absolute atomic E-state index is 12.4. The highest BCUT2D eigenvalue weighted by atomic mass is 16.7. The lowest BCUT2D eigenvalue weighted by Crippen LogP contribution is -2.50. The zero-order valence-electron chi connectivity index (χ0n) is 12.7. The third kappa shape index (κ3) is 3.34. The molecule has 6 nitrogen and oxygen atoms in total. The minimum Gasteiger partial charge on any atom is -0.454 e. The molecule has 1 unspecified atom stereocenters. The van der Waals surface area contributed by atoms with Crippen molar-refractivity contribution in [3.05, 3.63) is 23.8 Å². The van der Waals surface area contributed by atoms with Crippen LogP contribution in [-0.2, 0) is 20.7 Å². The Morgan fingerprint density at radius 1 is 1.36 bits per heavy atom. The summed E-state index contributed by atoms with van der Waals surface area (Å²) in [6.07, 6.45) is 1.16. The second-order valence-electron chi connectivity index (χ2n) is 5.46. The molecule has 2 aliphatic heterocycles. The van der Waals surface area contributed by atoms with Crippen LogP contribution < -0.4 is 9.47 Å². The molecule has 6 heteroatoms. The van der Waals surface area contributed by atoms with Crippen molar-refractivity contribution in [2.45, 2.75) is 18.9 Å². The van der Waals surface area contributed by atoms with Gasteiger partial charge >= 0.3 is 0 Å². The van der Waals surface area contributed by atoms with Gasteiger partial charge in [0.05, 0.1) is 25.9 Å². The molecule has 22 heavy (non-hydrogen) atoms. The van der Waals surface area contributed by atoms with Gasteiger partial charge in [-0.1, -0.05) is 6.07 Å². The van der Waals surface area contributed by atoms with Gasteiger partial charge in [0.25, 0.3) is 0 Å². The Balaban J connectivity index is 1.57. The standard InChI is InChI=1S/C16H21NO5/c1-19-9-13-10-20-7-6-17(13)16(18)5-3-12-2-4-14-15(8-12)22-11-21-14/h2,4,8,13H,3,5-7,9-11H2,1H3. The van der Waals surface area contributed by atoms with Crippen LogP contribution in [0.5, 0.6) is 11.5 Å². The first-order valence-corrected chi connectivity index (χ1v) is 7.52. The predicted octanol–water partition coefficient (Wildman–Crippen LogP) is 1.22. The Bertz CT molecular complexity index is 531. The van der Waals surface area contributed by atoms with Gasteiger partial charge in [0.1, 0.15) is 0 Å². The van der Waals surface area contributed by atoms with Gasteiger partial charge in [0, 0.05) is 20.1 Å². The van der Waals surface area contributed by atoms with E-state index in [0.717, 1.165) is 17.1 Å². The molecule has 3 rings (SSSR count). The van der Waals surface area contributed by atoms with Crippen molar-refractivity contribution in [1.29, 1.82) is 0 Å². The summed E-state index contributed by atoms with van der Waals surface area (Å²) in [4.78, 5) is 14.3. The van der Waals surface area contributed by atoms with Crippen LogP contribution in [0.2, 0.25) is 0 Å². The number of hydrogen-bond acceptors (Lipinski definition) is 5. The second kappa shape index (κ2) is 6.98. The van der Waals surface area contributed by atoms with Gasteiger partial charge in [0.15, 0.2) is 11.5 Å². The summed E-state index contributed by atoms with van der Waals surface area (Å²) < 4.78 is 21.2. The van der Waals surface area contributed by atoms with Gasteiger partial charge in [-0.25, -0.2) is 0 Å². The van der Waals surface area contributed by atoms with E-state index in [1.54, 1.807) is 7.11 Å². The maximum Gasteiger partial charge on any atom is 0.231 e. The first-order valence-electron chi connectivity index (χ1n) is 7.52. The molecule has 0 aliphatic carbocycles. The van der Waals surface area contributed by atoms with E-state index in [2.05, 4.69) is 0 Å². The Morgan fingerprint density at radius 3 is 3.09 bits per heavy atom. The first kappa shape index (κ1) is 15.1. The minimum absolute atomic E-state index is 0.0167. The van der Waals surface area contributed by atoms with E-state index < -0.39 is 0 Å². The fourth-order valence-electron chi connectivity index (χ4n) is 2.80. The summed E-state index contributed by atoms with van der Waals surface area (Å²) in [6, 6.07) is 5.84. The van der Waals surface area contributed by atoms with Crippen molar-refractivity contribution in [2.24, 2.45) is 0 Å². The zero-order valence-corrected chi connectivity index (χ0v) is 12.7. The number of hydrogen-bond donors (Lipinski definition) is 0. The van der Waals surface area contributed by atoms with Crippen molar-refractivity contribution in [3.63, 3.8) is 0 Å². The molecule has 1 saturated heterocycles. The van der Waals surface area contributed by atoms with E-state index in [-0.39, 0.29) is 18.7 Å². The number of carbonyl (C=O) groups is 1. The average molecular weight is 307 g/mol. The van der Waals surface area contributed by atoms with Gasteiger partial charge in [0.2, 0.25) is 12.7 Å². The number of nitrogens with zero attached hydrogens (tertiary/aromatic N) is 1. The largest absolute Gasteiger partial charge is 0.454 e. The van der Waals surface area contributed by atoms with Crippen LogP contribution in [0.4, 0.5) is 0 Å². The van der Waals surface area contributed by atoms with Crippen LogP contribution in [0.1, 0.15) is 12.0 Å². The quantitative estimate of drug-likeness (QED) is 0.819. The van der Waals surface area contributed by atoms with Gasteiger partial charge in [-0.05, 0) is 24.1 Å². The highest BCUT2D eigenvalue weighted by molar-refractivity contribution is 5.77. The molecule has 0 spiro atoms. The van der Waals surface area contributed by atoms with Gasteiger partial charge in [-0.2, -0.15) is 0 Å². The monoisotopic (exact) mass is 307 g/mol. The number of ether oxygens (including phenoxy) is 4. The summed E-state index contributed by atoms with van der Waals surface area (Å²) in [6.45, 7) is 2.55. The molecule has 1 fully saturated rings. The predicted molar refractivity (Wildman–Crippen MR) is 79.1 cm³/mol. The highest BCUT2D eigenvalue weighted by Crippen LogP contribution is 2.32. The number of amides is 1. The Hall–Kier alpha value is -1.79. The summed E-state index contributed by atoms with van der Waals surface area (Å²) >= 11 is 0. The SMILES string of the molecule is COCC1COCCN1C(=O)CCc1ccc2c(c1)OCO2. The molecule has 0 radical (unpaired) electrons. The van der Waals surface area contributed by atoms with Crippen LogP contribution in [0.3, 0.4) is 0 Å². The summed E-state index contributed by atoms with van der Waals surface area (Å²) in [5, 5.41) is 0. The maximum atomic E-state index is 12.4. The van der Waals surface area contributed by atoms with E-state index in [1.807, 2.05) is 23.1 Å². The first-order chi connectivity index (χ1) is 10.8. The number of methoxy groups -OCH3 is 1. The Morgan fingerprint density at radius 2 is 2.23 bits per heavy atom. The van der Waals surface area contributed by atoms with E-state index in [9.17, 15) is 4.79 Å². The lowest BCUT2D eigenvalue weighted by Gasteiger charge is -2.35. The fraction of sp³-hybridized carbons (Fsp3) is 0.562. The third-order valence-corrected chi connectivity index (χ3v) is 3.97. The second-order valence-corrected chi connectivity index (χ2v) is 5.46. The Kier molecular flexibility index (Phi) is 4.80. The van der Waals surface area contributed by atoms with E-state index in [4.69, 9.17) is 18.9 Å². The third-order valence-electron chi connectivity index (χ3n) is 3.97. The highest BCUT2D eigenvalue weighted by Gasteiger charge is 2.26. The number of carbonyl (C=O) groups excluding carboxylic acids is 1. The van der Waals surface area contributed by atoms with E-state index >= 15 is 0 Å². The van der Waals surface area contributed by atoms with E-state index in [0.29, 0.717) is 39.2 Å². The van der Waals surface area contributed by atoms with Crippen LogP contribution in [0.15, 0.2) is 18.2 Å². The van der Waals surface area contributed by atoms with Crippen molar-refractivity contribution in [1.82, 2.24) is 4.90 Å². The van der Waals surface area contributed by atoms with E-state index in [1.165, 1.54) is 0 Å². The molecule has 0 bridgehead atoms. The molecule has 1 aromatic carbocycles. The minimum atomic E-state index is 0.0167.